The van der Waals surface area contributed by atoms with Crippen LogP contribution in [0.3, 0.4) is 0 Å². The van der Waals surface area contributed by atoms with Crippen molar-refractivity contribution in [2.24, 2.45) is 5.92 Å². The average molecular weight is 304 g/mol. The SMILES string of the molecule is CC(CCO)CNC(=O)C(=O)Nc1c(F)cc(F)cc1F. The summed E-state index contributed by atoms with van der Waals surface area (Å²) in [5.74, 6) is -6.18. The Hall–Kier alpha value is -2.09. The molecular weight excluding hydrogens is 289 g/mol. The van der Waals surface area contributed by atoms with Crippen molar-refractivity contribution in [1.82, 2.24) is 5.32 Å². The van der Waals surface area contributed by atoms with Crippen molar-refractivity contribution in [2.75, 3.05) is 18.5 Å². The zero-order chi connectivity index (χ0) is 16.0. The molecule has 1 rings (SSSR count). The summed E-state index contributed by atoms with van der Waals surface area (Å²) in [6.45, 7) is 1.81. The van der Waals surface area contributed by atoms with E-state index in [9.17, 15) is 22.8 Å². The number of halogens is 3. The summed E-state index contributed by atoms with van der Waals surface area (Å²) in [7, 11) is 0. The fraction of sp³-hybridized carbons (Fsp3) is 0.385. The smallest absolute Gasteiger partial charge is 0.313 e. The predicted octanol–water partition coefficient (Wildman–Crippen LogP) is 1.18. The molecule has 116 valence electrons. The summed E-state index contributed by atoms with van der Waals surface area (Å²) in [6, 6.07) is 0.778. The van der Waals surface area contributed by atoms with Crippen LogP contribution in [-0.2, 0) is 9.59 Å². The summed E-state index contributed by atoms with van der Waals surface area (Å²) < 4.78 is 39.3. The highest BCUT2D eigenvalue weighted by Crippen LogP contribution is 2.19. The molecule has 0 aliphatic heterocycles. The molecule has 3 N–H and O–H groups in total. The van der Waals surface area contributed by atoms with Gasteiger partial charge >= 0.3 is 11.8 Å². The molecule has 0 saturated carbocycles. The van der Waals surface area contributed by atoms with E-state index in [0.29, 0.717) is 18.6 Å². The predicted molar refractivity (Wildman–Crippen MR) is 68.8 cm³/mol. The fourth-order valence-corrected chi connectivity index (χ4v) is 1.50. The van der Waals surface area contributed by atoms with Gasteiger partial charge in [-0.25, -0.2) is 13.2 Å². The molecule has 0 spiro atoms. The van der Waals surface area contributed by atoms with Crippen LogP contribution in [0.5, 0.6) is 0 Å². The number of aliphatic hydroxyl groups is 1. The number of carbonyl (C=O) groups excluding carboxylic acids is 2. The lowest BCUT2D eigenvalue weighted by Crippen LogP contribution is -2.38. The third-order valence-corrected chi connectivity index (χ3v) is 2.68. The van der Waals surface area contributed by atoms with Crippen LogP contribution in [0.2, 0.25) is 0 Å². The first-order valence-corrected chi connectivity index (χ1v) is 6.19. The molecular formula is C13H15F3N2O3. The second kappa shape index (κ2) is 7.63. The van der Waals surface area contributed by atoms with Crippen molar-refractivity contribution in [2.45, 2.75) is 13.3 Å². The number of amides is 2. The van der Waals surface area contributed by atoms with Gasteiger partial charge in [0.15, 0.2) is 11.6 Å². The maximum absolute atomic E-state index is 13.3. The number of nitrogens with one attached hydrogen (secondary N) is 2. The number of anilines is 1. The summed E-state index contributed by atoms with van der Waals surface area (Å²) in [4.78, 5) is 22.9. The minimum Gasteiger partial charge on any atom is -0.396 e. The number of rotatable bonds is 5. The average Bonchev–Trinajstić information content (AvgIpc) is 2.40. The number of aliphatic hydroxyl groups excluding tert-OH is 1. The van der Waals surface area contributed by atoms with Crippen molar-refractivity contribution in [3.63, 3.8) is 0 Å². The summed E-state index contributed by atoms with van der Waals surface area (Å²) in [6.07, 6.45) is 0.434. The molecule has 5 nitrogen and oxygen atoms in total. The van der Waals surface area contributed by atoms with Crippen LogP contribution in [0.1, 0.15) is 13.3 Å². The molecule has 2 amide bonds. The third-order valence-electron chi connectivity index (χ3n) is 2.68. The monoisotopic (exact) mass is 304 g/mol. The lowest BCUT2D eigenvalue weighted by Gasteiger charge is -2.11. The zero-order valence-corrected chi connectivity index (χ0v) is 11.3. The standard InChI is InChI=1S/C13H15F3N2O3/c1-7(2-3-19)6-17-12(20)13(21)18-11-9(15)4-8(14)5-10(11)16/h4-5,7,19H,2-3,6H2,1H3,(H,17,20)(H,18,21). The molecule has 1 aromatic carbocycles. The highest BCUT2D eigenvalue weighted by molar-refractivity contribution is 6.39. The van der Waals surface area contributed by atoms with Gasteiger partial charge in [0, 0.05) is 25.3 Å². The van der Waals surface area contributed by atoms with Crippen LogP contribution in [0, 0.1) is 23.4 Å². The van der Waals surface area contributed by atoms with Crippen LogP contribution in [-0.4, -0.2) is 30.1 Å². The molecule has 21 heavy (non-hydrogen) atoms. The Kier molecular flexibility index (Phi) is 6.16. The Morgan fingerprint density at radius 3 is 2.29 bits per heavy atom. The Morgan fingerprint density at radius 2 is 1.76 bits per heavy atom. The molecule has 0 aliphatic rings. The molecule has 1 aromatic rings. The van der Waals surface area contributed by atoms with Gasteiger partial charge in [-0.15, -0.1) is 0 Å². The van der Waals surface area contributed by atoms with Gasteiger partial charge in [0.1, 0.15) is 11.5 Å². The molecule has 8 heteroatoms. The van der Waals surface area contributed by atoms with Crippen molar-refractivity contribution in [3.8, 4) is 0 Å². The van der Waals surface area contributed by atoms with Gasteiger partial charge in [-0.05, 0) is 12.3 Å². The molecule has 0 bridgehead atoms. The molecule has 0 heterocycles. The van der Waals surface area contributed by atoms with E-state index in [4.69, 9.17) is 5.11 Å². The van der Waals surface area contributed by atoms with E-state index in [2.05, 4.69) is 5.32 Å². The zero-order valence-electron chi connectivity index (χ0n) is 11.3. The molecule has 0 aliphatic carbocycles. The Balaban J connectivity index is 2.63. The lowest BCUT2D eigenvalue weighted by atomic mass is 10.1. The number of hydrogen-bond acceptors (Lipinski definition) is 3. The maximum atomic E-state index is 13.3. The first-order valence-electron chi connectivity index (χ1n) is 6.19. The van der Waals surface area contributed by atoms with E-state index in [1.54, 1.807) is 12.2 Å². The van der Waals surface area contributed by atoms with Crippen molar-refractivity contribution in [3.05, 3.63) is 29.6 Å². The van der Waals surface area contributed by atoms with Gasteiger partial charge in [0.2, 0.25) is 0 Å². The van der Waals surface area contributed by atoms with Crippen LogP contribution < -0.4 is 10.6 Å². The van der Waals surface area contributed by atoms with Gasteiger partial charge in [-0.2, -0.15) is 0 Å². The van der Waals surface area contributed by atoms with Gasteiger partial charge < -0.3 is 15.7 Å². The van der Waals surface area contributed by atoms with E-state index in [-0.39, 0.29) is 19.1 Å². The molecule has 0 fully saturated rings. The highest BCUT2D eigenvalue weighted by Gasteiger charge is 2.19. The van der Waals surface area contributed by atoms with E-state index in [0.717, 1.165) is 0 Å². The normalized spacial score (nSPS) is 11.9. The van der Waals surface area contributed by atoms with Gasteiger partial charge in [-0.3, -0.25) is 9.59 Å². The second-order valence-corrected chi connectivity index (χ2v) is 4.53. The molecule has 1 atom stereocenters. The summed E-state index contributed by atoms with van der Waals surface area (Å²) >= 11 is 0. The largest absolute Gasteiger partial charge is 0.396 e. The van der Waals surface area contributed by atoms with Gasteiger partial charge in [-0.1, -0.05) is 6.92 Å². The maximum Gasteiger partial charge on any atom is 0.313 e. The fourth-order valence-electron chi connectivity index (χ4n) is 1.50. The minimum atomic E-state index is -1.32. The molecule has 0 radical (unpaired) electrons. The highest BCUT2D eigenvalue weighted by atomic mass is 19.1. The number of benzene rings is 1. The quantitative estimate of drug-likeness (QED) is 0.715. The van der Waals surface area contributed by atoms with Crippen LogP contribution in [0.4, 0.5) is 18.9 Å². The number of carbonyl (C=O) groups is 2. The van der Waals surface area contributed by atoms with Crippen molar-refractivity contribution < 1.29 is 27.9 Å². The van der Waals surface area contributed by atoms with E-state index in [1.807, 2.05) is 0 Å². The molecule has 0 aromatic heterocycles. The minimum absolute atomic E-state index is 0.0603. The lowest BCUT2D eigenvalue weighted by molar-refractivity contribution is -0.136. The Labute approximate surface area is 119 Å². The topological polar surface area (TPSA) is 78.4 Å². The third kappa shape index (κ3) is 5.07. The summed E-state index contributed by atoms with van der Waals surface area (Å²) in [5.41, 5.74) is -0.889. The van der Waals surface area contributed by atoms with Gasteiger partial charge in [0.25, 0.3) is 0 Å². The first kappa shape index (κ1) is 17.0. The number of hydrogen-bond donors (Lipinski definition) is 3. The summed E-state index contributed by atoms with van der Waals surface area (Å²) in [5, 5.41) is 12.7. The first-order chi connectivity index (χ1) is 9.85. The van der Waals surface area contributed by atoms with Crippen LogP contribution in [0.15, 0.2) is 12.1 Å². The van der Waals surface area contributed by atoms with E-state index in [1.165, 1.54) is 0 Å². The van der Waals surface area contributed by atoms with Crippen molar-refractivity contribution in [1.29, 1.82) is 0 Å². The van der Waals surface area contributed by atoms with Crippen LogP contribution >= 0.6 is 0 Å². The van der Waals surface area contributed by atoms with Crippen LogP contribution in [0.25, 0.3) is 0 Å². The Morgan fingerprint density at radius 1 is 1.19 bits per heavy atom. The van der Waals surface area contributed by atoms with Gasteiger partial charge in [0.05, 0.1) is 0 Å². The van der Waals surface area contributed by atoms with Crippen molar-refractivity contribution >= 4 is 17.5 Å². The molecule has 0 saturated heterocycles. The Bertz CT molecular complexity index is 514. The van der Waals surface area contributed by atoms with E-state index >= 15 is 0 Å². The van der Waals surface area contributed by atoms with E-state index < -0.39 is 35.0 Å². The molecule has 1 unspecified atom stereocenters. The second-order valence-electron chi connectivity index (χ2n) is 4.53.